The monoisotopic (exact) mass is 519 g/mol. The maximum atomic E-state index is 8.00. The number of para-hydroxylation sites is 2. The highest BCUT2D eigenvalue weighted by Gasteiger charge is 2.38. The molecule has 0 saturated carbocycles. The van der Waals surface area contributed by atoms with Gasteiger partial charge in [0.15, 0.2) is 5.58 Å². The van der Waals surface area contributed by atoms with E-state index in [0.29, 0.717) is 17.5 Å². The number of rotatable bonds is 9. The summed E-state index contributed by atoms with van der Waals surface area (Å²) in [6.07, 6.45) is 12.6. The highest BCUT2D eigenvalue weighted by molar-refractivity contribution is 5.80. The maximum Gasteiger partial charge on any atom is 0.250 e. The molecular formula is C35H41N3O. The topological polar surface area (TPSA) is 33.6 Å². The molecule has 3 aromatic rings. The number of unbranched alkanes of at least 4 members (excludes halogenated alkanes) is 2. The van der Waals surface area contributed by atoms with Gasteiger partial charge < -0.3 is 9.32 Å². The second-order valence-corrected chi connectivity index (χ2v) is 11.8. The number of hydrogen-bond donors (Lipinski definition) is 0. The molecule has 1 heterocycles. The molecule has 39 heavy (non-hydrogen) atoms. The van der Waals surface area contributed by atoms with Crippen LogP contribution < -0.4 is 4.90 Å². The number of fused-ring (bicyclic) bond motifs is 2. The quantitative estimate of drug-likeness (QED) is 0.264. The first-order valence-electron chi connectivity index (χ1n) is 14.7. The summed E-state index contributed by atoms with van der Waals surface area (Å²) in [5, 5.41) is 0. The summed E-state index contributed by atoms with van der Waals surface area (Å²) in [5.74, 6) is 0.914. The lowest BCUT2D eigenvalue weighted by Crippen LogP contribution is -2.31. The molecule has 1 atom stereocenters. The van der Waals surface area contributed by atoms with Gasteiger partial charge in [0.05, 0.1) is 6.57 Å². The minimum Gasteiger partial charge on any atom is -0.447 e. The van der Waals surface area contributed by atoms with Gasteiger partial charge in [-0.1, -0.05) is 77.0 Å². The van der Waals surface area contributed by atoms with Crippen molar-refractivity contribution < 1.29 is 4.42 Å². The van der Waals surface area contributed by atoms with Gasteiger partial charge in [0.1, 0.15) is 5.52 Å². The zero-order valence-corrected chi connectivity index (χ0v) is 24.0. The van der Waals surface area contributed by atoms with E-state index in [1.165, 1.54) is 48.1 Å². The molecule has 1 aromatic heterocycles. The van der Waals surface area contributed by atoms with Crippen LogP contribution in [-0.2, 0) is 0 Å². The first kappa shape index (κ1) is 27.0. The van der Waals surface area contributed by atoms with Crippen molar-refractivity contribution in [3.63, 3.8) is 0 Å². The van der Waals surface area contributed by atoms with E-state index in [1.54, 1.807) is 0 Å². The molecule has 5 rings (SSSR count). The van der Waals surface area contributed by atoms with Gasteiger partial charge in [0.25, 0.3) is 5.70 Å². The SMILES string of the molecule is [C-]#[N+]C(=C1C=C2C=C(c3ccc(N(CCCC)CCCC)cc3)CCC2C(C)(C)C1)c1nc2ccccc2o1. The van der Waals surface area contributed by atoms with Crippen LogP contribution >= 0.6 is 0 Å². The Kier molecular flexibility index (Phi) is 8.07. The normalized spacial score (nSPS) is 19.6. The van der Waals surface area contributed by atoms with Crippen LogP contribution in [0.3, 0.4) is 0 Å². The number of nitrogens with zero attached hydrogens (tertiary/aromatic N) is 3. The van der Waals surface area contributed by atoms with E-state index in [9.17, 15) is 0 Å². The third-order valence-electron chi connectivity index (χ3n) is 8.45. The average molecular weight is 520 g/mol. The van der Waals surface area contributed by atoms with Crippen molar-refractivity contribution in [2.45, 2.75) is 72.6 Å². The Labute approximate surface area is 233 Å². The summed E-state index contributed by atoms with van der Waals surface area (Å²) in [4.78, 5) is 11.1. The minimum atomic E-state index is 0.0618. The van der Waals surface area contributed by atoms with Gasteiger partial charge in [-0.25, -0.2) is 9.83 Å². The van der Waals surface area contributed by atoms with Crippen LogP contribution in [-0.4, -0.2) is 18.1 Å². The molecule has 0 radical (unpaired) electrons. The van der Waals surface area contributed by atoms with Crippen molar-refractivity contribution in [3.05, 3.63) is 94.7 Å². The molecule has 0 fully saturated rings. The lowest BCUT2D eigenvalue weighted by molar-refractivity contribution is 0.228. The maximum absolute atomic E-state index is 8.00. The minimum absolute atomic E-state index is 0.0618. The number of benzene rings is 2. The summed E-state index contributed by atoms with van der Waals surface area (Å²) in [6, 6.07) is 17.0. The smallest absolute Gasteiger partial charge is 0.250 e. The number of oxazole rings is 1. The summed E-state index contributed by atoms with van der Waals surface area (Å²) in [6.45, 7) is 19.5. The Morgan fingerprint density at radius 3 is 2.41 bits per heavy atom. The summed E-state index contributed by atoms with van der Waals surface area (Å²) in [5.41, 5.74) is 8.50. The molecule has 4 nitrogen and oxygen atoms in total. The molecule has 0 spiro atoms. The molecule has 0 saturated heterocycles. The van der Waals surface area contributed by atoms with Gasteiger partial charge in [-0.2, -0.15) is 0 Å². The Balaban J connectivity index is 1.47. The lowest BCUT2D eigenvalue weighted by atomic mass is 9.62. The molecule has 0 aliphatic heterocycles. The Morgan fingerprint density at radius 1 is 1.03 bits per heavy atom. The number of aromatic nitrogens is 1. The predicted molar refractivity (Wildman–Crippen MR) is 163 cm³/mol. The van der Waals surface area contributed by atoms with E-state index in [0.717, 1.165) is 49.0 Å². The third kappa shape index (κ3) is 5.74. The van der Waals surface area contributed by atoms with Crippen LogP contribution in [0.2, 0.25) is 0 Å². The summed E-state index contributed by atoms with van der Waals surface area (Å²) < 4.78 is 6.02. The second-order valence-electron chi connectivity index (χ2n) is 11.8. The fraction of sp³-hybridized carbons (Fsp3) is 0.429. The fourth-order valence-electron chi connectivity index (χ4n) is 6.26. The van der Waals surface area contributed by atoms with E-state index in [1.807, 2.05) is 24.3 Å². The first-order valence-corrected chi connectivity index (χ1v) is 14.7. The number of allylic oxidation sites excluding steroid dienone is 5. The van der Waals surface area contributed by atoms with Crippen molar-refractivity contribution in [2.24, 2.45) is 11.3 Å². The number of anilines is 1. The van der Waals surface area contributed by atoms with Crippen molar-refractivity contribution in [1.29, 1.82) is 0 Å². The van der Waals surface area contributed by atoms with Gasteiger partial charge in [-0.3, -0.25) is 0 Å². The van der Waals surface area contributed by atoms with Gasteiger partial charge in [0, 0.05) is 18.8 Å². The Morgan fingerprint density at radius 2 is 1.74 bits per heavy atom. The molecule has 0 amide bonds. The van der Waals surface area contributed by atoms with Crippen LogP contribution in [0.1, 0.15) is 84.1 Å². The highest BCUT2D eigenvalue weighted by Crippen LogP contribution is 2.51. The summed E-state index contributed by atoms with van der Waals surface area (Å²) >= 11 is 0. The van der Waals surface area contributed by atoms with Crippen LogP contribution in [0, 0.1) is 17.9 Å². The average Bonchev–Trinajstić information content (AvgIpc) is 3.37. The van der Waals surface area contributed by atoms with E-state index >= 15 is 0 Å². The van der Waals surface area contributed by atoms with Crippen molar-refractivity contribution in [1.82, 2.24) is 4.98 Å². The van der Waals surface area contributed by atoms with Crippen molar-refractivity contribution >= 4 is 28.1 Å². The largest absolute Gasteiger partial charge is 0.447 e. The predicted octanol–water partition coefficient (Wildman–Crippen LogP) is 9.71. The van der Waals surface area contributed by atoms with Gasteiger partial charge in [0.2, 0.25) is 5.89 Å². The fourth-order valence-corrected chi connectivity index (χ4v) is 6.26. The first-order chi connectivity index (χ1) is 18.9. The standard InChI is InChI=1S/C35H41N3O/c1-6-8-20-38(21-9-7-2)29-17-14-25(15-18-29)26-16-19-30-27(22-26)23-28(24-35(30,3)4)33(36-5)34-37-31-12-10-11-13-32(31)39-34/h10-15,17-18,22-23,30H,6-9,16,19-21,24H2,1-4H3. The van der Waals surface area contributed by atoms with Gasteiger partial charge in [-0.15, -0.1) is 0 Å². The van der Waals surface area contributed by atoms with E-state index in [4.69, 9.17) is 11.0 Å². The van der Waals surface area contributed by atoms with Crippen LogP contribution in [0.5, 0.6) is 0 Å². The molecule has 0 N–H and O–H groups in total. The number of hydrogen-bond acceptors (Lipinski definition) is 3. The Bertz CT molecular complexity index is 1400. The summed E-state index contributed by atoms with van der Waals surface area (Å²) in [7, 11) is 0. The van der Waals surface area contributed by atoms with Crippen LogP contribution in [0.15, 0.2) is 76.2 Å². The van der Waals surface area contributed by atoms with Crippen molar-refractivity contribution in [2.75, 3.05) is 18.0 Å². The van der Waals surface area contributed by atoms with E-state index < -0.39 is 0 Å². The Hall–Kier alpha value is -3.58. The van der Waals surface area contributed by atoms with E-state index in [2.05, 4.69) is 78.8 Å². The molecule has 4 heteroatoms. The zero-order chi connectivity index (χ0) is 27.4. The molecular weight excluding hydrogens is 478 g/mol. The molecule has 2 aliphatic carbocycles. The van der Waals surface area contributed by atoms with E-state index in [-0.39, 0.29) is 5.41 Å². The highest BCUT2D eigenvalue weighted by atomic mass is 16.3. The second kappa shape index (κ2) is 11.7. The van der Waals surface area contributed by atoms with Gasteiger partial charge >= 0.3 is 0 Å². The lowest BCUT2D eigenvalue weighted by Gasteiger charge is -2.42. The van der Waals surface area contributed by atoms with Crippen LogP contribution in [0.4, 0.5) is 5.69 Å². The molecule has 2 aliphatic rings. The zero-order valence-electron chi connectivity index (χ0n) is 24.0. The molecule has 0 bridgehead atoms. The van der Waals surface area contributed by atoms with Gasteiger partial charge in [-0.05, 0) is 90.0 Å². The molecule has 202 valence electrons. The van der Waals surface area contributed by atoms with Crippen molar-refractivity contribution in [3.8, 4) is 0 Å². The molecule has 1 unspecified atom stereocenters. The van der Waals surface area contributed by atoms with Crippen LogP contribution in [0.25, 0.3) is 27.2 Å². The third-order valence-corrected chi connectivity index (χ3v) is 8.45. The molecule has 2 aromatic carbocycles.